The molecule has 1 atom stereocenters. The van der Waals surface area contributed by atoms with Crippen LogP contribution in [0.2, 0.25) is 0 Å². The largest absolute Gasteiger partial charge is 0.243 e. The van der Waals surface area contributed by atoms with Crippen LogP contribution in [0.5, 0.6) is 0 Å². The quantitative estimate of drug-likeness (QED) is 0.843. The van der Waals surface area contributed by atoms with Crippen LogP contribution < -0.4 is 4.72 Å². The maximum absolute atomic E-state index is 13.6. The minimum absolute atomic E-state index is 0.357. The molecule has 5 nitrogen and oxygen atoms in total. The van der Waals surface area contributed by atoms with E-state index in [1.54, 1.807) is 0 Å². The number of sulfone groups is 1. The first kappa shape index (κ1) is 16.5. The fourth-order valence-corrected chi connectivity index (χ4v) is 4.24. The monoisotopic (exact) mass is 373 g/mol. The first-order valence-electron chi connectivity index (χ1n) is 5.16. The van der Waals surface area contributed by atoms with Crippen LogP contribution >= 0.6 is 15.9 Å². The van der Waals surface area contributed by atoms with Crippen LogP contribution in [-0.4, -0.2) is 34.9 Å². The molecule has 19 heavy (non-hydrogen) atoms. The topological polar surface area (TPSA) is 80.3 Å². The Kier molecular flexibility index (Phi) is 5.10. The summed E-state index contributed by atoms with van der Waals surface area (Å²) in [5.41, 5.74) is 0. The van der Waals surface area contributed by atoms with Crippen molar-refractivity contribution in [3.8, 4) is 0 Å². The molecule has 108 valence electrons. The summed E-state index contributed by atoms with van der Waals surface area (Å²) in [5.74, 6) is -1.27. The Balaban J connectivity index is 2.99. The van der Waals surface area contributed by atoms with E-state index in [2.05, 4.69) is 20.7 Å². The Morgan fingerprint density at radius 3 is 2.37 bits per heavy atom. The molecule has 0 fully saturated rings. The second-order valence-corrected chi connectivity index (χ2v) is 8.97. The van der Waals surface area contributed by atoms with E-state index in [4.69, 9.17) is 0 Å². The summed E-state index contributed by atoms with van der Waals surface area (Å²) in [6, 6.07) is 2.67. The second kappa shape index (κ2) is 5.86. The molecule has 0 heterocycles. The van der Waals surface area contributed by atoms with Gasteiger partial charge in [-0.1, -0.05) is 15.9 Å². The molecule has 0 aromatic heterocycles. The minimum Gasteiger partial charge on any atom is -0.229 e. The average Bonchev–Trinajstić information content (AvgIpc) is 2.11. The molecule has 0 aliphatic carbocycles. The third-order valence-corrected chi connectivity index (χ3v) is 5.31. The van der Waals surface area contributed by atoms with Gasteiger partial charge in [-0.05, 0) is 25.1 Å². The van der Waals surface area contributed by atoms with Gasteiger partial charge in [-0.2, -0.15) is 0 Å². The average molecular weight is 374 g/mol. The summed E-state index contributed by atoms with van der Waals surface area (Å²) in [4.78, 5) is -0.518. The summed E-state index contributed by atoms with van der Waals surface area (Å²) in [6.45, 7) is 1.40. The van der Waals surface area contributed by atoms with Gasteiger partial charge in [0.05, 0.1) is 5.75 Å². The molecular formula is C10H13BrFNO4S2. The lowest BCUT2D eigenvalue weighted by atomic mass is 10.3. The summed E-state index contributed by atoms with van der Waals surface area (Å²) in [5, 5.41) is 0. The Hall–Kier alpha value is -0.510. The maximum Gasteiger partial charge on any atom is 0.243 e. The second-order valence-electron chi connectivity index (χ2n) is 4.19. The highest BCUT2D eigenvalue weighted by Gasteiger charge is 2.23. The van der Waals surface area contributed by atoms with Gasteiger partial charge in [-0.3, -0.25) is 0 Å². The van der Waals surface area contributed by atoms with Crippen LogP contribution in [0.25, 0.3) is 0 Å². The smallest absolute Gasteiger partial charge is 0.229 e. The molecule has 1 rings (SSSR count). The fourth-order valence-electron chi connectivity index (χ4n) is 1.51. The van der Waals surface area contributed by atoms with Gasteiger partial charge in [-0.25, -0.2) is 25.9 Å². The number of sulfonamides is 1. The zero-order valence-corrected chi connectivity index (χ0v) is 13.4. The van der Waals surface area contributed by atoms with E-state index < -0.39 is 36.6 Å². The Morgan fingerprint density at radius 1 is 1.32 bits per heavy atom. The van der Waals surface area contributed by atoms with Crippen molar-refractivity contribution in [2.24, 2.45) is 0 Å². The lowest BCUT2D eigenvalue weighted by Crippen LogP contribution is -2.37. The SMILES string of the molecule is CC(CS(C)(=O)=O)NS(=O)(=O)c1ccc(Br)cc1F. The Morgan fingerprint density at radius 2 is 1.89 bits per heavy atom. The summed E-state index contributed by atoms with van der Waals surface area (Å²) < 4.78 is 62.0. The molecule has 0 aliphatic rings. The molecule has 1 unspecified atom stereocenters. The van der Waals surface area contributed by atoms with Crippen LogP contribution in [0.1, 0.15) is 6.92 Å². The Bertz CT molecular complexity index is 673. The van der Waals surface area contributed by atoms with Crippen molar-refractivity contribution in [2.45, 2.75) is 17.9 Å². The van der Waals surface area contributed by atoms with Crippen molar-refractivity contribution < 1.29 is 21.2 Å². The molecule has 0 amide bonds. The molecule has 0 spiro atoms. The van der Waals surface area contributed by atoms with Gasteiger partial charge in [0.2, 0.25) is 10.0 Å². The number of hydrogen-bond donors (Lipinski definition) is 1. The molecule has 9 heteroatoms. The highest BCUT2D eigenvalue weighted by atomic mass is 79.9. The first-order chi connectivity index (χ1) is 8.51. The van der Waals surface area contributed by atoms with E-state index in [1.807, 2.05) is 0 Å². The lowest BCUT2D eigenvalue weighted by Gasteiger charge is -2.13. The number of nitrogens with one attached hydrogen (secondary N) is 1. The molecule has 0 aliphatic heterocycles. The zero-order chi connectivity index (χ0) is 14.8. The summed E-state index contributed by atoms with van der Waals surface area (Å²) in [7, 11) is -7.41. The van der Waals surface area contributed by atoms with Gasteiger partial charge in [-0.15, -0.1) is 0 Å². The van der Waals surface area contributed by atoms with Gasteiger partial charge >= 0.3 is 0 Å². The third-order valence-electron chi connectivity index (χ3n) is 2.09. The van der Waals surface area contributed by atoms with Gasteiger partial charge in [0.25, 0.3) is 0 Å². The van der Waals surface area contributed by atoms with Gasteiger partial charge < -0.3 is 0 Å². The van der Waals surface area contributed by atoms with E-state index in [9.17, 15) is 21.2 Å². The highest BCUT2D eigenvalue weighted by Crippen LogP contribution is 2.19. The van der Waals surface area contributed by atoms with Crippen LogP contribution in [0.15, 0.2) is 27.6 Å². The zero-order valence-electron chi connectivity index (χ0n) is 10.2. The van der Waals surface area contributed by atoms with E-state index >= 15 is 0 Å². The molecule has 0 saturated carbocycles. The van der Waals surface area contributed by atoms with Gasteiger partial charge in [0, 0.05) is 16.8 Å². The van der Waals surface area contributed by atoms with Crippen LogP contribution in [0.3, 0.4) is 0 Å². The standard InChI is InChI=1S/C10H13BrFNO4S2/c1-7(6-18(2,14)15)13-19(16,17)10-4-3-8(11)5-9(10)12/h3-5,7,13H,6H2,1-2H3. The van der Waals surface area contributed by atoms with Crippen molar-refractivity contribution >= 4 is 35.8 Å². The van der Waals surface area contributed by atoms with Crippen LogP contribution in [0.4, 0.5) is 4.39 Å². The highest BCUT2D eigenvalue weighted by molar-refractivity contribution is 9.10. The van der Waals surface area contributed by atoms with Crippen LogP contribution in [-0.2, 0) is 19.9 Å². The van der Waals surface area contributed by atoms with Crippen molar-refractivity contribution in [2.75, 3.05) is 12.0 Å². The number of halogens is 2. The number of rotatable bonds is 5. The Labute approximate surface area is 120 Å². The maximum atomic E-state index is 13.6. The third kappa shape index (κ3) is 5.17. The van der Waals surface area contributed by atoms with Crippen molar-refractivity contribution in [3.05, 3.63) is 28.5 Å². The molecular weight excluding hydrogens is 361 g/mol. The van der Waals surface area contributed by atoms with Gasteiger partial charge in [0.1, 0.15) is 20.5 Å². The minimum atomic E-state index is -4.09. The normalized spacial score (nSPS) is 14.3. The predicted octanol–water partition coefficient (Wildman–Crippen LogP) is 1.30. The van der Waals surface area contributed by atoms with Gasteiger partial charge in [0.15, 0.2) is 0 Å². The van der Waals surface area contributed by atoms with E-state index in [0.717, 1.165) is 18.4 Å². The van der Waals surface area contributed by atoms with Crippen molar-refractivity contribution in [3.63, 3.8) is 0 Å². The first-order valence-corrected chi connectivity index (χ1v) is 9.50. The van der Waals surface area contributed by atoms with E-state index in [-0.39, 0.29) is 5.75 Å². The number of benzene rings is 1. The predicted molar refractivity (Wildman–Crippen MR) is 73.6 cm³/mol. The van der Waals surface area contributed by atoms with Crippen molar-refractivity contribution in [1.29, 1.82) is 0 Å². The molecule has 1 N–H and O–H groups in total. The van der Waals surface area contributed by atoms with E-state index in [1.165, 1.54) is 13.0 Å². The molecule has 0 saturated heterocycles. The lowest BCUT2D eigenvalue weighted by molar-refractivity contribution is 0.547. The summed E-state index contributed by atoms with van der Waals surface area (Å²) >= 11 is 3.02. The van der Waals surface area contributed by atoms with E-state index in [0.29, 0.717) is 4.47 Å². The molecule has 1 aromatic carbocycles. The molecule has 0 bridgehead atoms. The van der Waals surface area contributed by atoms with Crippen LogP contribution in [0, 0.1) is 5.82 Å². The molecule has 0 radical (unpaired) electrons. The number of hydrogen-bond acceptors (Lipinski definition) is 4. The fraction of sp³-hybridized carbons (Fsp3) is 0.400. The summed E-state index contributed by atoms with van der Waals surface area (Å²) in [6.07, 6.45) is 0.998. The molecule has 1 aromatic rings. The van der Waals surface area contributed by atoms with Crippen molar-refractivity contribution in [1.82, 2.24) is 4.72 Å².